The van der Waals surface area contributed by atoms with Crippen LogP contribution >= 0.6 is 0 Å². The zero-order valence-electron chi connectivity index (χ0n) is 14.5. The van der Waals surface area contributed by atoms with Crippen LogP contribution in [0.25, 0.3) is 0 Å². The van der Waals surface area contributed by atoms with E-state index in [0.29, 0.717) is 0 Å². The maximum atomic E-state index is 6.10. The van der Waals surface area contributed by atoms with Crippen LogP contribution in [0.2, 0.25) is 0 Å². The van der Waals surface area contributed by atoms with Crippen molar-refractivity contribution in [2.24, 2.45) is 5.92 Å². The summed E-state index contributed by atoms with van der Waals surface area (Å²) in [5.41, 5.74) is 1.22. The van der Waals surface area contributed by atoms with Gasteiger partial charge >= 0.3 is 0 Å². The molecule has 1 N–H and O–H groups in total. The van der Waals surface area contributed by atoms with Crippen molar-refractivity contribution in [3.8, 4) is 11.5 Å². The van der Waals surface area contributed by atoms with Crippen LogP contribution in [0.5, 0.6) is 11.5 Å². The van der Waals surface area contributed by atoms with Gasteiger partial charge in [-0.15, -0.1) is 0 Å². The molecule has 1 aliphatic carbocycles. The lowest BCUT2D eigenvalue weighted by molar-refractivity contribution is 0.203. The van der Waals surface area contributed by atoms with E-state index in [1.54, 1.807) is 0 Å². The SMILES string of the molecule is CCC(C)Oc1ccc(CNCC2CC2)c(OC(C)CC)c1. The summed E-state index contributed by atoms with van der Waals surface area (Å²) >= 11 is 0. The van der Waals surface area contributed by atoms with Crippen LogP contribution in [-0.4, -0.2) is 18.8 Å². The molecule has 0 radical (unpaired) electrons. The van der Waals surface area contributed by atoms with E-state index in [-0.39, 0.29) is 12.2 Å². The molecule has 0 aliphatic heterocycles. The predicted octanol–water partition coefficient (Wildman–Crippen LogP) is 4.54. The second-order valence-corrected chi connectivity index (χ2v) is 6.52. The summed E-state index contributed by atoms with van der Waals surface area (Å²) in [6, 6.07) is 6.24. The lowest BCUT2D eigenvalue weighted by Crippen LogP contribution is -2.18. The number of benzene rings is 1. The molecule has 2 atom stereocenters. The van der Waals surface area contributed by atoms with Crippen LogP contribution in [0.1, 0.15) is 58.9 Å². The Labute approximate surface area is 135 Å². The first-order valence-electron chi connectivity index (χ1n) is 8.79. The first-order chi connectivity index (χ1) is 10.6. The van der Waals surface area contributed by atoms with E-state index in [0.717, 1.165) is 43.3 Å². The van der Waals surface area contributed by atoms with Gasteiger partial charge < -0.3 is 14.8 Å². The Balaban J connectivity index is 2.03. The van der Waals surface area contributed by atoms with Gasteiger partial charge in [0.05, 0.1) is 12.2 Å². The standard InChI is InChI=1S/C19H31NO2/c1-5-14(3)21-18-10-9-17(13-20-12-16-7-8-16)19(11-18)22-15(4)6-2/h9-11,14-16,20H,5-8,12-13H2,1-4H3. The fourth-order valence-corrected chi connectivity index (χ4v) is 2.21. The van der Waals surface area contributed by atoms with Gasteiger partial charge in [-0.1, -0.05) is 19.9 Å². The Morgan fingerprint density at radius 3 is 2.41 bits per heavy atom. The topological polar surface area (TPSA) is 30.5 Å². The monoisotopic (exact) mass is 305 g/mol. The first kappa shape index (κ1) is 17.1. The van der Waals surface area contributed by atoms with E-state index >= 15 is 0 Å². The van der Waals surface area contributed by atoms with Crippen LogP contribution < -0.4 is 14.8 Å². The van der Waals surface area contributed by atoms with Gasteiger partial charge in [-0.25, -0.2) is 0 Å². The molecule has 1 aromatic carbocycles. The highest BCUT2D eigenvalue weighted by molar-refractivity contribution is 5.41. The van der Waals surface area contributed by atoms with Crippen molar-refractivity contribution in [3.63, 3.8) is 0 Å². The molecule has 1 aliphatic rings. The minimum atomic E-state index is 0.223. The molecule has 0 spiro atoms. The van der Waals surface area contributed by atoms with E-state index < -0.39 is 0 Å². The van der Waals surface area contributed by atoms with Crippen LogP contribution in [-0.2, 0) is 6.54 Å². The van der Waals surface area contributed by atoms with Crippen molar-refractivity contribution >= 4 is 0 Å². The molecule has 0 heterocycles. The highest BCUT2D eigenvalue weighted by Crippen LogP contribution is 2.29. The Bertz CT molecular complexity index is 457. The normalized spacial score (nSPS) is 17.1. The molecule has 2 unspecified atom stereocenters. The molecule has 1 saturated carbocycles. The largest absolute Gasteiger partial charge is 0.491 e. The molecule has 0 amide bonds. The van der Waals surface area contributed by atoms with Gasteiger partial charge in [-0.05, 0) is 58.1 Å². The van der Waals surface area contributed by atoms with Gasteiger partial charge in [0.15, 0.2) is 0 Å². The van der Waals surface area contributed by atoms with Crippen molar-refractivity contribution in [1.29, 1.82) is 0 Å². The van der Waals surface area contributed by atoms with Crippen LogP contribution in [0, 0.1) is 5.92 Å². The van der Waals surface area contributed by atoms with E-state index in [9.17, 15) is 0 Å². The fourth-order valence-electron chi connectivity index (χ4n) is 2.21. The van der Waals surface area contributed by atoms with Crippen molar-refractivity contribution in [3.05, 3.63) is 23.8 Å². The smallest absolute Gasteiger partial charge is 0.127 e. The fraction of sp³-hybridized carbons (Fsp3) is 0.684. The number of ether oxygens (including phenoxy) is 2. The highest BCUT2D eigenvalue weighted by Gasteiger charge is 2.20. The van der Waals surface area contributed by atoms with Crippen molar-refractivity contribution in [1.82, 2.24) is 5.32 Å². The number of rotatable bonds is 10. The second kappa shape index (κ2) is 8.42. The van der Waals surface area contributed by atoms with Crippen LogP contribution in [0.4, 0.5) is 0 Å². The maximum Gasteiger partial charge on any atom is 0.127 e. The average Bonchev–Trinajstić information content (AvgIpc) is 3.33. The molecule has 124 valence electrons. The summed E-state index contributed by atoms with van der Waals surface area (Å²) in [5.74, 6) is 2.75. The van der Waals surface area contributed by atoms with Crippen LogP contribution in [0.15, 0.2) is 18.2 Å². The summed E-state index contributed by atoms with van der Waals surface area (Å²) in [7, 11) is 0. The van der Waals surface area contributed by atoms with Gasteiger partial charge in [0.2, 0.25) is 0 Å². The van der Waals surface area contributed by atoms with Gasteiger partial charge in [0.25, 0.3) is 0 Å². The molecule has 0 aromatic heterocycles. The van der Waals surface area contributed by atoms with E-state index in [2.05, 4.69) is 45.1 Å². The molecule has 3 heteroatoms. The number of nitrogens with one attached hydrogen (secondary N) is 1. The highest BCUT2D eigenvalue weighted by atomic mass is 16.5. The van der Waals surface area contributed by atoms with E-state index in [1.165, 1.54) is 18.4 Å². The van der Waals surface area contributed by atoms with Gasteiger partial charge in [0.1, 0.15) is 11.5 Å². The van der Waals surface area contributed by atoms with Crippen molar-refractivity contribution in [2.75, 3.05) is 6.54 Å². The predicted molar refractivity (Wildman–Crippen MR) is 91.6 cm³/mol. The minimum Gasteiger partial charge on any atom is -0.491 e. The van der Waals surface area contributed by atoms with Crippen molar-refractivity contribution in [2.45, 2.75) is 72.1 Å². The van der Waals surface area contributed by atoms with Gasteiger partial charge in [0, 0.05) is 18.2 Å². The minimum absolute atomic E-state index is 0.223. The third-order valence-electron chi connectivity index (χ3n) is 4.30. The Morgan fingerprint density at radius 2 is 1.77 bits per heavy atom. The number of hydrogen-bond acceptors (Lipinski definition) is 3. The molecular weight excluding hydrogens is 274 g/mol. The van der Waals surface area contributed by atoms with Crippen LogP contribution in [0.3, 0.4) is 0 Å². The summed E-state index contributed by atoms with van der Waals surface area (Å²) in [4.78, 5) is 0. The van der Waals surface area contributed by atoms with E-state index in [4.69, 9.17) is 9.47 Å². The summed E-state index contributed by atoms with van der Waals surface area (Å²) < 4.78 is 12.0. The third-order valence-corrected chi connectivity index (χ3v) is 4.30. The Hall–Kier alpha value is -1.22. The molecule has 1 aromatic rings. The molecular formula is C19H31NO2. The Morgan fingerprint density at radius 1 is 1.09 bits per heavy atom. The molecule has 22 heavy (non-hydrogen) atoms. The van der Waals surface area contributed by atoms with Crippen molar-refractivity contribution < 1.29 is 9.47 Å². The summed E-state index contributed by atoms with van der Waals surface area (Å²) in [5, 5.41) is 3.55. The van der Waals surface area contributed by atoms with E-state index in [1.807, 2.05) is 6.07 Å². The summed E-state index contributed by atoms with van der Waals surface area (Å²) in [6.45, 7) is 10.5. The molecule has 1 fully saturated rings. The zero-order valence-corrected chi connectivity index (χ0v) is 14.5. The molecule has 0 saturated heterocycles. The van der Waals surface area contributed by atoms with Gasteiger partial charge in [-0.3, -0.25) is 0 Å². The lowest BCUT2D eigenvalue weighted by Gasteiger charge is -2.19. The first-order valence-corrected chi connectivity index (χ1v) is 8.79. The summed E-state index contributed by atoms with van der Waals surface area (Å²) in [6.07, 6.45) is 5.23. The number of hydrogen-bond donors (Lipinski definition) is 1. The average molecular weight is 305 g/mol. The zero-order chi connectivity index (χ0) is 15.9. The second-order valence-electron chi connectivity index (χ2n) is 6.52. The lowest BCUT2D eigenvalue weighted by atomic mass is 10.1. The Kier molecular flexibility index (Phi) is 6.56. The van der Waals surface area contributed by atoms with Gasteiger partial charge in [-0.2, -0.15) is 0 Å². The molecule has 3 nitrogen and oxygen atoms in total. The molecule has 2 rings (SSSR count). The maximum absolute atomic E-state index is 6.10. The third kappa shape index (κ3) is 5.53. The quantitative estimate of drug-likeness (QED) is 0.688. The molecule has 0 bridgehead atoms.